The summed E-state index contributed by atoms with van der Waals surface area (Å²) in [6.07, 6.45) is 0. The molecule has 0 saturated carbocycles. The highest BCUT2D eigenvalue weighted by Crippen LogP contribution is 2.45. The molecule has 2 heterocycles. The summed E-state index contributed by atoms with van der Waals surface area (Å²) in [6.45, 7) is 0. The van der Waals surface area contributed by atoms with E-state index in [2.05, 4.69) is 0 Å². The average molecular weight is 653 g/mol. The van der Waals surface area contributed by atoms with Gasteiger partial charge in [0.2, 0.25) is 0 Å². The summed E-state index contributed by atoms with van der Waals surface area (Å²) in [7, 11) is 0. The van der Waals surface area contributed by atoms with Crippen molar-refractivity contribution in [3.05, 3.63) is 118 Å². The lowest BCUT2D eigenvalue weighted by Crippen LogP contribution is -2.06. The average Bonchev–Trinajstić information content (AvgIpc) is 3.49. The molecule has 6 rings (SSSR count). The van der Waals surface area contributed by atoms with E-state index in [4.69, 9.17) is 9.47 Å². The summed E-state index contributed by atoms with van der Waals surface area (Å²) < 4.78 is 10.3. The van der Waals surface area contributed by atoms with Gasteiger partial charge in [0, 0.05) is 10.9 Å². The minimum atomic E-state index is -1.60. The first kappa shape index (κ1) is 30.8. The summed E-state index contributed by atoms with van der Waals surface area (Å²) in [4.78, 5) is 50.6. The number of cyclic esters (lactones) is 2. The van der Waals surface area contributed by atoms with Crippen LogP contribution in [0.4, 0.5) is 0 Å². The van der Waals surface area contributed by atoms with E-state index >= 15 is 0 Å². The molecule has 0 bridgehead atoms. The highest BCUT2D eigenvalue weighted by atomic mass is 16.6. The van der Waals surface area contributed by atoms with Crippen LogP contribution in [0.15, 0.2) is 95.8 Å². The zero-order valence-electron chi connectivity index (χ0n) is 24.0. The smallest absolute Gasteiger partial charge is 0.348 e. The number of carboxylic acids is 2. The van der Waals surface area contributed by atoms with E-state index in [0.29, 0.717) is 0 Å². The number of hydrogen-bond acceptors (Lipinski definition) is 12. The van der Waals surface area contributed by atoms with Gasteiger partial charge in [-0.2, -0.15) is 0 Å². The molecule has 2 aliphatic rings. The van der Waals surface area contributed by atoms with Gasteiger partial charge in [0.05, 0.1) is 0 Å². The number of fused-ring (bicyclic) bond motifs is 1. The van der Waals surface area contributed by atoms with Crippen LogP contribution in [-0.2, 0) is 28.7 Å². The van der Waals surface area contributed by atoms with E-state index in [1.54, 1.807) is 0 Å². The fourth-order valence-corrected chi connectivity index (χ4v) is 5.35. The molecule has 48 heavy (non-hydrogen) atoms. The van der Waals surface area contributed by atoms with Crippen LogP contribution in [0.1, 0.15) is 22.3 Å². The van der Waals surface area contributed by atoms with Gasteiger partial charge in [-0.15, -0.1) is 0 Å². The molecule has 8 N–H and O–H groups in total. The quantitative estimate of drug-likeness (QED) is 0.0822. The van der Waals surface area contributed by atoms with Crippen molar-refractivity contribution in [1.29, 1.82) is 0 Å². The molecular weight excluding hydrogens is 632 g/mol. The molecule has 0 atom stereocenters. The van der Waals surface area contributed by atoms with Crippen LogP contribution in [0.3, 0.4) is 0 Å². The van der Waals surface area contributed by atoms with Crippen LogP contribution in [0, 0.1) is 0 Å². The Bertz CT molecular complexity index is 2250. The molecule has 0 unspecified atom stereocenters. The second-order valence-corrected chi connectivity index (χ2v) is 10.4. The number of carboxylic acid groups (broad SMARTS) is 2. The van der Waals surface area contributed by atoms with Crippen LogP contribution in [-0.4, -0.2) is 64.7 Å². The lowest BCUT2D eigenvalue weighted by atomic mass is 9.92. The SMILES string of the molecule is O=C1O/C(=C(/C(=O)O)c2ccc(O)cc2)C(O)=C1c1ccc2c(O)c(O)cc(C3=C(O)/C(=C(\C(=O)O)c4ccc(O)cc4)OC3=O)c2c1. The summed E-state index contributed by atoms with van der Waals surface area (Å²) in [6, 6.07) is 14.1. The fraction of sp³-hybridized carbons (Fsp3) is 0. The molecule has 14 nitrogen and oxygen atoms in total. The standard InChI is InChI=1S/C34H20O14/c35-16-6-1-13(2-7-16)23(31(41)42)29-27(39)22(33(45)47-29)15-5-10-18-19(11-15)20(12-21(37)26(18)38)25-28(40)30(48-34(25)46)24(32(43)44)14-3-8-17(36)9-4-14/h1-12,35-40H,(H,41,42)(H,43,44)/b29-23+,30-24+. The van der Waals surface area contributed by atoms with Gasteiger partial charge >= 0.3 is 23.9 Å². The summed E-state index contributed by atoms with van der Waals surface area (Å²) in [5, 5.41) is 82.2. The van der Waals surface area contributed by atoms with Crippen LogP contribution >= 0.6 is 0 Å². The largest absolute Gasteiger partial charge is 0.508 e. The van der Waals surface area contributed by atoms with Gasteiger partial charge in [-0.3, -0.25) is 0 Å². The molecule has 4 aromatic carbocycles. The monoisotopic (exact) mass is 652 g/mol. The first-order chi connectivity index (χ1) is 22.8. The van der Waals surface area contributed by atoms with Gasteiger partial charge in [-0.25, -0.2) is 19.2 Å². The van der Waals surface area contributed by atoms with E-state index in [9.17, 15) is 60.0 Å². The van der Waals surface area contributed by atoms with Gasteiger partial charge < -0.3 is 50.3 Å². The van der Waals surface area contributed by atoms with Crippen molar-refractivity contribution < 1.29 is 69.5 Å². The van der Waals surface area contributed by atoms with E-state index in [1.807, 2.05) is 0 Å². The third kappa shape index (κ3) is 4.95. The van der Waals surface area contributed by atoms with Crippen LogP contribution < -0.4 is 0 Å². The van der Waals surface area contributed by atoms with E-state index in [-0.39, 0.29) is 44.5 Å². The third-order valence-electron chi connectivity index (χ3n) is 7.54. The molecule has 0 aliphatic carbocycles. The van der Waals surface area contributed by atoms with Gasteiger partial charge in [0.25, 0.3) is 0 Å². The third-order valence-corrected chi connectivity index (χ3v) is 7.54. The lowest BCUT2D eigenvalue weighted by molar-refractivity contribution is -0.133. The Balaban J connectivity index is 1.57. The highest BCUT2D eigenvalue weighted by molar-refractivity contribution is 6.28. The number of ether oxygens (including phenoxy) is 2. The molecule has 0 spiro atoms. The van der Waals surface area contributed by atoms with E-state index < -0.39 is 80.7 Å². The van der Waals surface area contributed by atoms with Gasteiger partial charge in [0.15, 0.2) is 34.5 Å². The van der Waals surface area contributed by atoms with Crippen molar-refractivity contribution in [2.75, 3.05) is 0 Å². The van der Waals surface area contributed by atoms with Gasteiger partial charge in [-0.05, 0) is 64.5 Å². The molecule has 0 amide bonds. The Morgan fingerprint density at radius 2 is 1.00 bits per heavy atom. The van der Waals surface area contributed by atoms with Crippen molar-refractivity contribution >= 4 is 56.9 Å². The number of phenolic OH excluding ortho intramolecular Hbond substituents is 4. The number of benzene rings is 4. The molecular formula is C34H20O14. The number of aliphatic hydroxyl groups is 2. The number of aliphatic hydroxyl groups excluding tert-OH is 2. The number of hydrogen-bond donors (Lipinski definition) is 8. The summed E-state index contributed by atoms with van der Waals surface area (Å²) in [5.74, 6) is -10.7. The van der Waals surface area contributed by atoms with Crippen molar-refractivity contribution in [3.63, 3.8) is 0 Å². The summed E-state index contributed by atoms with van der Waals surface area (Å²) >= 11 is 0. The van der Waals surface area contributed by atoms with Gasteiger partial charge in [-0.1, -0.05) is 30.3 Å². The van der Waals surface area contributed by atoms with Crippen molar-refractivity contribution in [2.45, 2.75) is 0 Å². The highest BCUT2D eigenvalue weighted by Gasteiger charge is 2.39. The number of carbonyl (C=O) groups is 4. The maximum absolute atomic E-state index is 13.2. The first-order valence-corrected chi connectivity index (χ1v) is 13.6. The molecule has 0 saturated heterocycles. The normalized spacial score (nSPS) is 16.7. The van der Waals surface area contributed by atoms with E-state index in [0.717, 1.165) is 6.07 Å². The molecule has 14 heteroatoms. The van der Waals surface area contributed by atoms with Crippen molar-refractivity contribution in [3.8, 4) is 23.0 Å². The topological polar surface area (TPSA) is 249 Å². The van der Waals surface area contributed by atoms with Crippen LogP contribution in [0.2, 0.25) is 0 Å². The molecule has 0 aromatic heterocycles. The number of aliphatic carboxylic acids is 2. The van der Waals surface area contributed by atoms with Crippen LogP contribution in [0.5, 0.6) is 23.0 Å². The first-order valence-electron chi connectivity index (χ1n) is 13.6. The number of aromatic hydroxyl groups is 4. The molecule has 0 fully saturated rings. The second kappa shape index (κ2) is 11.3. The molecule has 240 valence electrons. The maximum atomic E-state index is 13.2. The maximum Gasteiger partial charge on any atom is 0.348 e. The minimum absolute atomic E-state index is 0.0175. The van der Waals surface area contributed by atoms with Crippen molar-refractivity contribution in [1.82, 2.24) is 0 Å². The van der Waals surface area contributed by atoms with Crippen LogP contribution in [0.25, 0.3) is 33.1 Å². The molecule has 2 aliphatic heterocycles. The Morgan fingerprint density at radius 3 is 1.48 bits per heavy atom. The molecule has 4 aromatic rings. The number of carbonyl (C=O) groups excluding carboxylic acids is 2. The van der Waals surface area contributed by atoms with Crippen molar-refractivity contribution in [2.24, 2.45) is 0 Å². The number of rotatable bonds is 6. The Labute approximate surface area is 267 Å². The minimum Gasteiger partial charge on any atom is -0.508 e. The number of esters is 2. The van der Waals surface area contributed by atoms with E-state index in [1.165, 1.54) is 66.7 Å². The Hall–Kier alpha value is -7.22. The predicted octanol–water partition coefficient (Wildman–Crippen LogP) is 4.31. The lowest BCUT2D eigenvalue weighted by Gasteiger charge is -2.11. The zero-order chi connectivity index (χ0) is 34.6. The van der Waals surface area contributed by atoms with Gasteiger partial charge in [0.1, 0.15) is 33.8 Å². The predicted molar refractivity (Wildman–Crippen MR) is 164 cm³/mol. The summed E-state index contributed by atoms with van der Waals surface area (Å²) in [5.41, 5.74) is -2.86. The molecule has 0 radical (unpaired) electrons. The fourth-order valence-electron chi connectivity index (χ4n) is 5.35. The number of phenols is 4. The second-order valence-electron chi connectivity index (χ2n) is 10.4. The Kier molecular flexibility index (Phi) is 7.25. The Morgan fingerprint density at radius 1 is 0.542 bits per heavy atom. The zero-order valence-corrected chi connectivity index (χ0v) is 24.0.